The molecule has 1 saturated heterocycles. The zero-order valence-electron chi connectivity index (χ0n) is 10.7. The van der Waals surface area contributed by atoms with Crippen LogP contribution in [0.25, 0.3) is 0 Å². The Hall–Kier alpha value is -0.120. The lowest BCUT2D eigenvalue weighted by atomic mass is 9.84. The van der Waals surface area contributed by atoms with E-state index in [1.54, 1.807) is 0 Å². The molecular formula is C13H26N2O. The summed E-state index contributed by atoms with van der Waals surface area (Å²) in [5, 5.41) is 3.70. The van der Waals surface area contributed by atoms with Crippen molar-refractivity contribution in [3.63, 3.8) is 0 Å². The molecule has 0 bridgehead atoms. The zero-order chi connectivity index (χ0) is 11.6. The Labute approximate surface area is 99.1 Å². The Morgan fingerprint density at radius 2 is 2.19 bits per heavy atom. The van der Waals surface area contributed by atoms with Crippen molar-refractivity contribution >= 4 is 0 Å². The second kappa shape index (κ2) is 5.03. The molecule has 3 N–H and O–H groups in total. The molecule has 0 amide bonds. The third-order valence-corrected chi connectivity index (χ3v) is 4.51. The van der Waals surface area contributed by atoms with Gasteiger partial charge < -0.3 is 15.8 Å². The molecule has 2 fully saturated rings. The first-order chi connectivity index (χ1) is 7.65. The third kappa shape index (κ3) is 2.76. The first kappa shape index (κ1) is 12.3. The molecule has 0 aromatic heterocycles. The van der Waals surface area contributed by atoms with Gasteiger partial charge in [-0.3, -0.25) is 0 Å². The van der Waals surface area contributed by atoms with Gasteiger partial charge in [0, 0.05) is 24.6 Å². The smallest absolute Gasteiger partial charge is 0.0513 e. The topological polar surface area (TPSA) is 47.3 Å². The van der Waals surface area contributed by atoms with Crippen molar-refractivity contribution in [2.75, 3.05) is 26.3 Å². The van der Waals surface area contributed by atoms with Crippen molar-refractivity contribution in [1.82, 2.24) is 5.32 Å². The van der Waals surface area contributed by atoms with Gasteiger partial charge in [0.15, 0.2) is 0 Å². The zero-order valence-corrected chi connectivity index (χ0v) is 10.7. The minimum absolute atomic E-state index is 0.0691. The van der Waals surface area contributed by atoms with Crippen LogP contribution in [-0.4, -0.2) is 31.8 Å². The number of ether oxygens (including phenoxy) is 1. The van der Waals surface area contributed by atoms with Crippen molar-refractivity contribution in [1.29, 1.82) is 0 Å². The van der Waals surface area contributed by atoms with E-state index in [0.29, 0.717) is 12.5 Å². The van der Waals surface area contributed by atoms with Gasteiger partial charge in [-0.2, -0.15) is 0 Å². The monoisotopic (exact) mass is 226 g/mol. The van der Waals surface area contributed by atoms with Gasteiger partial charge >= 0.3 is 0 Å². The van der Waals surface area contributed by atoms with E-state index in [0.717, 1.165) is 38.0 Å². The van der Waals surface area contributed by atoms with E-state index in [2.05, 4.69) is 19.2 Å². The Morgan fingerprint density at radius 1 is 1.44 bits per heavy atom. The van der Waals surface area contributed by atoms with Crippen molar-refractivity contribution in [2.24, 2.45) is 23.5 Å². The minimum Gasteiger partial charge on any atom is -0.381 e. The molecule has 3 unspecified atom stereocenters. The van der Waals surface area contributed by atoms with Crippen LogP contribution in [0.3, 0.4) is 0 Å². The molecule has 94 valence electrons. The first-order valence-corrected chi connectivity index (χ1v) is 6.68. The summed E-state index contributed by atoms with van der Waals surface area (Å²) in [5.74, 6) is 2.35. The molecule has 1 saturated carbocycles. The van der Waals surface area contributed by atoms with Gasteiger partial charge in [0.1, 0.15) is 0 Å². The van der Waals surface area contributed by atoms with Crippen LogP contribution in [0.4, 0.5) is 0 Å². The lowest BCUT2D eigenvalue weighted by Crippen LogP contribution is -2.55. The Morgan fingerprint density at radius 3 is 2.69 bits per heavy atom. The number of hydrogen-bond acceptors (Lipinski definition) is 3. The molecule has 0 spiro atoms. The molecule has 3 heteroatoms. The molecular weight excluding hydrogens is 200 g/mol. The standard InChI is InChI=1S/C13H26N2O/c1-10(11-3-4-11)7-15-13(2,9-14)12-5-6-16-8-12/h10-12,15H,3-9,14H2,1-2H3. The molecule has 16 heavy (non-hydrogen) atoms. The molecule has 1 aliphatic carbocycles. The van der Waals surface area contributed by atoms with Gasteiger partial charge in [-0.05, 0) is 44.6 Å². The SMILES string of the molecule is CC(CNC(C)(CN)C1CCOC1)C1CC1. The van der Waals surface area contributed by atoms with Gasteiger partial charge in [0.25, 0.3) is 0 Å². The summed E-state index contributed by atoms with van der Waals surface area (Å²) >= 11 is 0. The molecule has 0 aromatic carbocycles. The summed E-state index contributed by atoms with van der Waals surface area (Å²) in [6, 6.07) is 0. The van der Waals surface area contributed by atoms with Crippen molar-refractivity contribution < 1.29 is 4.74 Å². The summed E-state index contributed by atoms with van der Waals surface area (Å²) in [7, 11) is 0. The molecule has 1 heterocycles. The number of rotatable bonds is 6. The highest BCUT2D eigenvalue weighted by Gasteiger charge is 2.36. The van der Waals surface area contributed by atoms with Gasteiger partial charge in [-0.15, -0.1) is 0 Å². The Kier molecular flexibility index (Phi) is 3.88. The average Bonchev–Trinajstić information content (AvgIpc) is 3.00. The largest absolute Gasteiger partial charge is 0.381 e. The second-order valence-electron chi connectivity index (χ2n) is 5.88. The van der Waals surface area contributed by atoms with E-state index in [1.165, 1.54) is 12.8 Å². The van der Waals surface area contributed by atoms with Crippen molar-refractivity contribution in [3.8, 4) is 0 Å². The summed E-state index contributed by atoms with van der Waals surface area (Å²) in [4.78, 5) is 0. The molecule has 3 atom stereocenters. The molecule has 1 aliphatic heterocycles. The Bertz CT molecular complexity index is 224. The fourth-order valence-electron chi connectivity index (χ4n) is 2.65. The second-order valence-corrected chi connectivity index (χ2v) is 5.88. The lowest BCUT2D eigenvalue weighted by Gasteiger charge is -2.36. The van der Waals surface area contributed by atoms with Gasteiger partial charge in [0.05, 0.1) is 6.61 Å². The predicted molar refractivity (Wildman–Crippen MR) is 66.3 cm³/mol. The van der Waals surface area contributed by atoms with Gasteiger partial charge in [-0.25, -0.2) is 0 Å². The van der Waals surface area contributed by atoms with Crippen LogP contribution in [0, 0.1) is 17.8 Å². The summed E-state index contributed by atoms with van der Waals surface area (Å²) < 4.78 is 5.48. The van der Waals surface area contributed by atoms with Crippen LogP contribution in [-0.2, 0) is 4.74 Å². The van der Waals surface area contributed by atoms with Gasteiger partial charge in [-0.1, -0.05) is 6.92 Å². The number of nitrogens with one attached hydrogen (secondary N) is 1. The molecule has 0 aromatic rings. The summed E-state index contributed by atoms with van der Waals surface area (Å²) in [5.41, 5.74) is 6.02. The molecule has 3 nitrogen and oxygen atoms in total. The van der Waals surface area contributed by atoms with Crippen LogP contribution < -0.4 is 11.1 Å². The van der Waals surface area contributed by atoms with E-state index in [4.69, 9.17) is 10.5 Å². The van der Waals surface area contributed by atoms with E-state index in [1.807, 2.05) is 0 Å². The Balaban J connectivity index is 1.82. The van der Waals surface area contributed by atoms with Crippen LogP contribution in [0.1, 0.15) is 33.1 Å². The van der Waals surface area contributed by atoms with Crippen LogP contribution in [0.5, 0.6) is 0 Å². The summed E-state index contributed by atoms with van der Waals surface area (Å²) in [6.07, 6.45) is 4.00. The third-order valence-electron chi connectivity index (χ3n) is 4.51. The maximum Gasteiger partial charge on any atom is 0.0513 e. The highest BCUT2D eigenvalue weighted by atomic mass is 16.5. The molecule has 2 rings (SSSR count). The first-order valence-electron chi connectivity index (χ1n) is 6.68. The number of nitrogens with two attached hydrogens (primary N) is 1. The minimum atomic E-state index is 0.0691. The molecule has 0 radical (unpaired) electrons. The highest BCUT2D eigenvalue weighted by molar-refractivity contribution is 4.94. The summed E-state index contributed by atoms with van der Waals surface area (Å²) in [6.45, 7) is 8.20. The fraction of sp³-hybridized carbons (Fsp3) is 1.00. The fourth-order valence-corrected chi connectivity index (χ4v) is 2.65. The van der Waals surface area contributed by atoms with Gasteiger partial charge in [0.2, 0.25) is 0 Å². The van der Waals surface area contributed by atoms with Crippen molar-refractivity contribution in [2.45, 2.75) is 38.6 Å². The van der Waals surface area contributed by atoms with Crippen LogP contribution in [0.15, 0.2) is 0 Å². The van der Waals surface area contributed by atoms with Crippen molar-refractivity contribution in [3.05, 3.63) is 0 Å². The quantitative estimate of drug-likeness (QED) is 0.719. The number of hydrogen-bond donors (Lipinski definition) is 2. The van der Waals surface area contributed by atoms with E-state index in [9.17, 15) is 0 Å². The van der Waals surface area contributed by atoms with E-state index < -0.39 is 0 Å². The lowest BCUT2D eigenvalue weighted by molar-refractivity contribution is 0.152. The van der Waals surface area contributed by atoms with E-state index in [-0.39, 0.29) is 5.54 Å². The molecule has 2 aliphatic rings. The maximum atomic E-state index is 5.95. The normalized spacial score (nSPS) is 31.3. The van der Waals surface area contributed by atoms with Crippen LogP contribution in [0.2, 0.25) is 0 Å². The average molecular weight is 226 g/mol. The predicted octanol–water partition coefficient (Wildman–Crippen LogP) is 1.38. The highest BCUT2D eigenvalue weighted by Crippen LogP contribution is 2.36. The van der Waals surface area contributed by atoms with Crippen LogP contribution >= 0.6 is 0 Å². The van der Waals surface area contributed by atoms with E-state index >= 15 is 0 Å². The maximum absolute atomic E-state index is 5.95.